The first kappa shape index (κ1) is 19.8. The minimum Gasteiger partial charge on any atom is -0.490 e. The van der Waals surface area contributed by atoms with E-state index in [2.05, 4.69) is 0 Å². The van der Waals surface area contributed by atoms with Crippen LogP contribution < -0.4 is 4.74 Å². The fraction of sp³-hybridized carbons (Fsp3) is 0.500. The lowest BCUT2D eigenvalue weighted by atomic mass is 10.3. The number of sulfonamides is 1. The Balaban J connectivity index is 3.13. The maximum Gasteiger partial charge on any atom is 0.312 e. The lowest BCUT2D eigenvalue weighted by Gasteiger charge is -2.23. The normalized spacial score (nSPS) is 11.4. The quantitative estimate of drug-likeness (QED) is 0.507. The molecule has 10 heteroatoms. The third-order valence-corrected chi connectivity index (χ3v) is 5.33. The summed E-state index contributed by atoms with van der Waals surface area (Å²) in [6.45, 7) is 4.18. The molecule has 0 unspecified atom stereocenters. The molecule has 0 radical (unpaired) electrons. The zero-order valence-electron chi connectivity index (χ0n) is 14.1. The molecule has 0 heterocycles. The maximum atomic E-state index is 12.5. The molecule has 0 aliphatic heterocycles. The smallest absolute Gasteiger partial charge is 0.312 e. The number of carbonyl (C=O) groups is 1. The van der Waals surface area contributed by atoms with E-state index in [1.165, 1.54) is 31.2 Å². The highest BCUT2D eigenvalue weighted by molar-refractivity contribution is 7.89. The van der Waals surface area contributed by atoms with Crippen molar-refractivity contribution in [2.75, 3.05) is 33.8 Å². The van der Waals surface area contributed by atoms with Crippen molar-refractivity contribution in [3.63, 3.8) is 0 Å². The van der Waals surface area contributed by atoms with Crippen molar-refractivity contribution in [2.24, 2.45) is 0 Å². The number of amides is 1. The van der Waals surface area contributed by atoms with Gasteiger partial charge in [-0.2, -0.15) is 4.31 Å². The minimum absolute atomic E-state index is 0.0409. The standard InChI is InChI=1S/C14H21N3O6S/c1-5-16(6-2)14(18)10-15(3)24(21,22)11-7-8-13(23-4)12(9-11)17(19)20/h7-9H,5-6,10H2,1-4H3. The van der Waals surface area contributed by atoms with Gasteiger partial charge in [0.1, 0.15) is 0 Å². The number of methoxy groups -OCH3 is 1. The third-order valence-electron chi connectivity index (χ3n) is 3.53. The molecule has 1 rings (SSSR count). The Morgan fingerprint density at radius 2 is 1.88 bits per heavy atom. The van der Waals surface area contributed by atoms with Crippen LogP contribution >= 0.6 is 0 Å². The Morgan fingerprint density at radius 3 is 2.33 bits per heavy atom. The van der Waals surface area contributed by atoms with Gasteiger partial charge in [0.25, 0.3) is 0 Å². The van der Waals surface area contributed by atoms with Gasteiger partial charge in [0.15, 0.2) is 5.75 Å². The van der Waals surface area contributed by atoms with Gasteiger partial charge in [-0.05, 0) is 26.0 Å². The van der Waals surface area contributed by atoms with Gasteiger partial charge in [0.05, 0.1) is 23.5 Å². The molecule has 0 aliphatic carbocycles. The van der Waals surface area contributed by atoms with Crippen LogP contribution in [-0.2, 0) is 14.8 Å². The molecule has 134 valence electrons. The second-order valence-corrected chi connectivity index (χ2v) is 6.96. The molecule has 0 bridgehead atoms. The van der Waals surface area contributed by atoms with Crippen molar-refractivity contribution >= 4 is 21.6 Å². The first-order valence-corrected chi connectivity index (χ1v) is 8.69. The Morgan fingerprint density at radius 1 is 1.29 bits per heavy atom. The minimum atomic E-state index is -4.04. The van der Waals surface area contributed by atoms with E-state index in [1.807, 2.05) is 0 Å². The first-order chi connectivity index (χ1) is 11.2. The van der Waals surface area contributed by atoms with Crippen LogP contribution in [0.15, 0.2) is 23.1 Å². The highest BCUT2D eigenvalue weighted by Crippen LogP contribution is 2.30. The highest BCUT2D eigenvalue weighted by atomic mass is 32.2. The molecule has 0 aromatic heterocycles. The predicted molar refractivity (Wildman–Crippen MR) is 87.4 cm³/mol. The van der Waals surface area contributed by atoms with Gasteiger partial charge in [0.2, 0.25) is 15.9 Å². The molecule has 0 saturated heterocycles. The van der Waals surface area contributed by atoms with Crippen molar-refractivity contribution in [3.8, 4) is 5.75 Å². The topological polar surface area (TPSA) is 110 Å². The van der Waals surface area contributed by atoms with E-state index in [9.17, 15) is 23.3 Å². The second kappa shape index (κ2) is 8.06. The number of hydrogen-bond acceptors (Lipinski definition) is 6. The molecule has 1 aromatic carbocycles. The number of nitro benzene ring substituents is 1. The molecular weight excluding hydrogens is 338 g/mol. The van der Waals surface area contributed by atoms with Crippen LogP contribution in [0.25, 0.3) is 0 Å². The molecule has 0 aliphatic rings. The number of likely N-dealkylation sites (N-methyl/N-ethyl adjacent to an activating group) is 2. The summed E-state index contributed by atoms with van der Waals surface area (Å²) in [4.78, 5) is 23.6. The SMILES string of the molecule is CCN(CC)C(=O)CN(C)S(=O)(=O)c1ccc(OC)c([N+](=O)[O-])c1. The molecule has 0 spiro atoms. The number of rotatable bonds is 8. The molecule has 0 saturated carbocycles. The molecule has 1 amide bonds. The van der Waals surface area contributed by atoms with Crippen LogP contribution in [0.3, 0.4) is 0 Å². The van der Waals surface area contributed by atoms with Gasteiger partial charge >= 0.3 is 5.69 Å². The van der Waals surface area contributed by atoms with Gasteiger partial charge in [-0.1, -0.05) is 0 Å². The van der Waals surface area contributed by atoms with E-state index < -0.39 is 20.6 Å². The van der Waals surface area contributed by atoms with Crippen molar-refractivity contribution in [2.45, 2.75) is 18.7 Å². The molecule has 0 atom stereocenters. The summed E-state index contributed by atoms with van der Waals surface area (Å²) in [7, 11) is -1.53. The second-order valence-electron chi connectivity index (χ2n) is 4.92. The summed E-state index contributed by atoms with van der Waals surface area (Å²) >= 11 is 0. The predicted octanol–water partition coefficient (Wildman–Crippen LogP) is 1.09. The zero-order chi connectivity index (χ0) is 18.5. The van der Waals surface area contributed by atoms with E-state index >= 15 is 0 Å². The van der Waals surface area contributed by atoms with Gasteiger partial charge in [-0.25, -0.2) is 8.42 Å². The summed E-state index contributed by atoms with van der Waals surface area (Å²) < 4.78 is 30.8. The Labute approximate surface area is 141 Å². The van der Waals surface area contributed by atoms with Crippen LogP contribution in [0.5, 0.6) is 5.75 Å². The summed E-state index contributed by atoms with van der Waals surface area (Å²) in [6.07, 6.45) is 0. The van der Waals surface area contributed by atoms with Crippen LogP contribution in [0.4, 0.5) is 5.69 Å². The van der Waals surface area contributed by atoms with Crippen molar-refractivity contribution in [3.05, 3.63) is 28.3 Å². The number of nitro groups is 1. The van der Waals surface area contributed by atoms with Crippen molar-refractivity contribution in [1.29, 1.82) is 0 Å². The monoisotopic (exact) mass is 359 g/mol. The molecular formula is C14H21N3O6S. The molecule has 9 nitrogen and oxygen atoms in total. The third kappa shape index (κ3) is 4.20. The van der Waals surface area contributed by atoms with E-state index in [4.69, 9.17) is 4.74 Å². The summed E-state index contributed by atoms with van der Waals surface area (Å²) in [5, 5.41) is 11.0. The van der Waals surface area contributed by atoms with Crippen molar-refractivity contribution < 1.29 is 22.9 Å². The summed E-state index contributed by atoms with van der Waals surface area (Å²) in [6, 6.07) is 3.34. The van der Waals surface area contributed by atoms with Crippen LogP contribution in [0.1, 0.15) is 13.8 Å². The fourth-order valence-corrected chi connectivity index (χ4v) is 3.25. The van der Waals surface area contributed by atoms with E-state index in [1.54, 1.807) is 13.8 Å². The molecule has 0 N–H and O–H groups in total. The van der Waals surface area contributed by atoms with Gasteiger partial charge in [0, 0.05) is 26.2 Å². The largest absolute Gasteiger partial charge is 0.490 e. The van der Waals surface area contributed by atoms with Gasteiger partial charge in [-0.15, -0.1) is 0 Å². The average Bonchev–Trinajstić information content (AvgIpc) is 2.54. The zero-order valence-corrected chi connectivity index (χ0v) is 14.9. The Bertz CT molecular complexity index is 715. The van der Waals surface area contributed by atoms with E-state index in [-0.39, 0.29) is 23.1 Å². The maximum absolute atomic E-state index is 12.5. The lowest BCUT2D eigenvalue weighted by molar-refractivity contribution is -0.386. The van der Waals surface area contributed by atoms with Gasteiger partial charge < -0.3 is 9.64 Å². The van der Waals surface area contributed by atoms with Crippen LogP contribution in [0, 0.1) is 10.1 Å². The molecule has 0 fully saturated rings. The Hall–Kier alpha value is -2.20. The van der Waals surface area contributed by atoms with Crippen molar-refractivity contribution in [1.82, 2.24) is 9.21 Å². The highest BCUT2D eigenvalue weighted by Gasteiger charge is 2.27. The fourth-order valence-electron chi connectivity index (χ4n) is 2.10. The number of ether oxygens (including phenoxy) is 1. The summed E-state index contributed by atoms with van der Waals surface area (Å²) in [5.41, 5.74) is -0.456. The molecule has 1 aromatic rings. The number of nitrogens with zero attached hydrogens (tertiary/aromatic N) is 3. The summed E-state index contributed by atoms with van der Waals surface area (Å²) in [5.74, 6) is -0.380. The number of benzene rings is 1. The Kier molecular flexibility index (Phi) is 6.67. The first-order valence-electron chi connectivity index (χ1n) is 7.25. The average molecular weight is 359 g/mol. The number of hydrogen-bond donors (Lipinski definition) is 0. The number of carbonyl (C=O) groups excluding carboxylic acids is 1. The lowest BCUT2D eigenvalue weighted by Crippen LogP contribution is -2.40. The van der Waals surface area contributed by atoms with E-state index in [0.717, 1.165) is 10.4 Å². The van der Waals surface area contributed by atoms with Gasteiger partial charge in [-0.3, -0.25) is 14.9 Å². The molecule has 24 heavy (non-hydrogen) atoms. The van der Waals surface area contributed by atoms with Crippen LogP contribution in [0.2, 0.25) is 0 Å². The van der Waals surface area contributed by atoms with Crippen LogP contribution in [-0.4, -0.2) is 62.2 Å². The van der Waals surface area contributed by atoms with E-state index in [0.29, 0.717) is 13.1 Å².